The van der Waals surface area contributed by atoms with Crippen LogP contribution in [0.2, 0.25) is 0 Å². The van der Waals surface area contributed by atoms with Gasteiger partial charge in [0.25, 0.3) is 0 Å². The van der Waals surface area contributed by atoms with Crippen LogP contribution in [0.25, 0.3) is 10.8 Å². The van der Waals surface area contributed by atoms with Crippen molar-refractivity contribution in [1.82, 2.24) is 5.32 Å². The van der Waals surface area contributed by atoms with Gasteiger partial charge in [-0.2, -0.15) is 8.42 Å². The average Bonchev–Trinajstić information content (AvgIpc) is 2.77. The summed E-state index contributed by atoms with van der Waals surface area (Å²) in [5, 5.41) is 12.2. The standard InChI is InChI=1S/C23H25N3O6S/c1-26(2)20-7-3-6-18-17(20)5-4-8-21(18)33(30,31)32-16-11-9-15(10-12-16)13-19(24)23(29)25-14-22(27)28/h3-12,19H,13-14,24H2,1-2H3,(H,25,29)(H,27,28). The monoisotopic (exact) mass is 471 g/mol. The molecule has 9 nitrogen and oxygen atoms in total. The minimum atomic E-state index is -4.11. The summed E-state index contributed by atoms with van der Waals surface area (Å²) < 4.78 is 31.4. The number of hydrogen-bond donors (Lipinski definition) is 3. The van der Waals surface area contributed by atoms with E-state index in [0.29, 0.717) is 10.9 Å². The summed E-state index contributed by atoms with van der Waals surface area (Å²) in [5.41, 5.74) is 7.35. The number of carboxylic acid groups (broad SMARTS) is 1. The first-order valence-electron chi connectivity index (χ1n) is 10.1. The Bertz CT molecular complexity index is 1270. The van der Waals surface area contributed by atoms with Crippen molar-refractivity contribution in [2.45, 2.75) is 17.4 Å². The maximum absolute atomic E-state index is 13.0. The molecule has 0 aliphatic rings. The molecular weight excluding hydrogens is 446 g/mol. The predicted molar refractivity (Wildman–Crippen MR) is 125 cm³/mol. The SMILES string of the molecule is CN(C)c1cccc2c(S(=O)(=O)Oc3ccc(CC(N)C(=O)NCC(=O)O)cc3)cccc12. The van der Waals surface area contributed by atoms with Crippen LogP contribution in [0.1, 0.15) is 5.56 Å². The fourth-order valence-electron chi connectivity index (χ4n) is 3.37. The van der Waals surface area contributed by atoms with Crippen LogP contribution in [0.4, 0.5) is 5.69 Å². The minimum absolute atomic E-state index is 0.0601. The lowest BCUT2D eigenvalue weighted by atomic mass is 10.1. The molecule has 3 aromatic rings. The summed E-state index contributed by atoms with van der Waals surface area (Å²) in [7, 11) is -0.341. The summed E-state index contributed by atoms with van der Waals surface area (Å²) in [6.45, 7) is -0.513. The van der Waals surface area contributed by atoms with Gasteiger partial charge in [-0.05, 0) is 36.2 Å². The molecule has 0 aliphatic heterocycles. The molecule has 0 saturated carbocycles. The summed E-state index contributed by atoms with van der Waals surface area (Å²) in [4.78, 5) is 24.3. The number of fused-ring (bicyclic) bond motifs is 1. The van der Waals surface area contributed by atoms with Crippen LogP contribution in [0, 0.1) is 0 Å². The Morgan fingerprint density at radius 3 is 2.30 bits per heavy atom. The molecule has 33 heavy (non-hydrogen) atoms. The van der Waals surface area contributed by atoms with E-state index in [9.17, 15) is 18.0 Å². The van der Waals surface area contributed by atoms with Crippen molar-refractivity contribution >= 4 is 38.5 Å². The summed E-state index contributed by atoms with van der Waals surface area (Å²) in [5.74, 6) is -1.64. The van der Waals surface area contributed by atoms with Gasteiger partial charge in [-0.15, -0.1) is 0 Å². The van der Waals surface area contributed by atoms with E-state index in [2.05, 4.69) is 5.32 Å². The molecule has 10 heteroatoms. The molecule has 0 aromatic heterocycles. The highest BCUT2D eigenvalue weighted by atomic mass is 32.2. The second-order valence-corrected chi connectivity index (χ2v) is 9.14. The Kier molecular flexibility index (Phi) is 7.19. The van der Waals surface area contributed by atoms with Gasteiger partial charge < -0.3 is 25.2 Å². The zero-order valence-electron chi connectivity index (χ0n) is 18.2. The molecule has 3 aromatic carbocycles. The van der Waals surface area contributed by atoms with Crippen LogP contribution in [0.5, 0.6) is 5.75 Å². The fourth-order valence-corrected chi connectivity index (χ4v) is 4.51. The van der Waals surface area contributed by atoms with Crippen LogP contribution in [-0.2, 0) is 26.1 Å². The van der Waals surface area contributed by atoms with E-state index < -0.39 is 34.6 Å². The maximum Gasteiger partial charge on any atom is 0.339 e. The second kappa shape index (κ2) is 9.88. The molecular formula is C23H25N3O6S. The number of carbonyl (C=O) groups is 2. The second-order valence-electron chi connectivity index (χ2n) is 7.63. The highest BCUT2D eigenvalue weighted by molar-refractivity contribution is 7.87. The molecule has 3 rings (SSSR count). The number of aliphatic carboxylic acids is 1. The van der Waals surface area contributed by atoms with Gasteiger partial charge in [0.2, 0.25) is 5.91 Å². The first-order chi connectivity index (χ1) is 15.6. The van der Waals surface area contributed by atoms with Crippen molar-refractivity contribution in [2.24, 2.45) is 5.73 Å². The molecule has 174 valence electrons. The van der Waals surface area contributed by atoms with Gasteiger partial charge >= 0.3 is 16.1 Å². The number of hydrogen-bond acceptors (Lipinski definition) is 7. The number of nitrogens with zero attached hydrogens (tertiary/aromatic N) is 1. The highest BCUT2D eigenvalue weighted by Crippen LogP contribution is 2.31. The quantitative estimate of drug-likeness (QED) is 0.401. The molecule has 1 unspecified atom stereocenters. The third-order valence-electron chi connectivity index (χ3n) is 4.95. The van der Waals surface area contributed by atoms with Gasteiger partial charge in [0.05, 0.1) is 6.04 Å². The van der Waals surface area contributed by atoms with E-state index in [0.717, 1.165) is 11.1 Å². The van der Waals surface area contributed by atoms with Gasteiger partial charge in [0.1, 0.15) is 17.2 Å². The van der Waals surface area contributed by atoms with Crippen LogP contribution in [0.15, 0.2) is 65.6 Å². The molecule has 0 spiro atoms. The predicted octanol–water partition coefficient (Wildman–Crippen LogP) is 1.74. The average molecular weight is 472 g/mol. The number of carbonyl (C=O) groups excluding carboxylic acids is 1. The third kappa shape index (κ3) is 5.79. The van der Waals surface area contributed by atoms with Crippen molar-refractivity contribution < 1.29 is 27.3 Å². The number of nitrogens with two attached hydrogens (primary N) is 1. The third-order valence-corrected chi connectivity index (χ3v) is 6.25. The summed E-state index contributed by atoms with van der Waals surface area (Å²) in [6, 6.07) is 15.7. The van der Waals surface area contributed by atoms with E-state index in [1.165, 1.54) is 18.2 Å². The summed E-state index contributed by atoms with van der Waals surface area (Å²) in [6.07, 6.45) is 0.148. The van der Waals surface area contributed by atoms with E-state index in [-0.39, 0.29) is 17.1 Å². The Labute approximate surface area is 191 Å². The Morgan fingerprint density at radius 1 is 1.03 bits per heavy atom. The Hall–Kier alpha value is -3.63. The van der Waals surface area contributed by atoms with E-state index >= 15 is 0 Å². The van der Waals surface area contributed by atoms with Gasteiger partial charge in [0, 0.05) is 30.6 Å². The lowest BCUT2D eigenvalue weighted by Crippen LogP contribution is -2.43. The molecule has 1 amide bonds. The van der Waals surface area contributed by atoms with E-state index in [1.54, 1.807) is 30.3 Å². The smallest absolute Gasteiger partial charge is 0.339 e. The van der Waals surface area contributed by atoms with Crippen LogP contribution < -0.4 is 20.1 Å². The molecule has 0 fully saturated rings. The zero-order chi connectivity index (χ0) is 24.2. The number of carboxylic acids is 1. The lowest BCUT2D eigenvalue weighted by molar-refractivity contribution is -0.138. The van der Waals surface area contributed by atoms with Crippen molar-refractivity contribution in [2.75, 3.05) is 25.5 Å². The molecule has 4 N–H and O–H groups in total. The maximum atomic E-state index is 13.0. The van der Waals surface area contributed by atoms with Gasteiger partial charge in [0.15, 0.2) is 0 Å². The molecule has 0 saturated heterocycles. The zero-order valence-corrected chi connectivity index (χ0v) is 19.0. The largest absolute Gasteiger partial charge is 0.480 e. The van der Waals surface area contributed by atoms with Crippen molar-refractivity contribution in [3.63, 3.8) is 0 Å². The Balaban J connectivity index is 1.77. The van der Waals surface area contributed by atoms with Gasteiger partial charge in [-0.1, -0.05) is 36.4 Å². The van der Waals surface area contributed by atoms with Crippen LogP contribution in [0.3, 0.4) is 0 Å². The minimum Gasteiger partial charge on any atom is -0.480 e. The van der Waals surface area contributed by atoms with Gasteiger partial charge in [-0.3, -0.25) is 9.59 Å². The molecule has 0 heterocycles. The molecule has 0 radical (unpaired) electrons. The number of benzene rings is 3. The van der Waals surface area contributed by atoms with Crippen LogP contribution in [-0.4, -0.2) is 52.1 Å². The number of anilines is 1. The fraction of sp³-hybridized carbons (Fsp3) is 0.217. The van der Waals surface area contributed by atoms with Crippen molar-refractivity contribution in [3.05, 3.63) is 66.2 Å². The molecule has 0 aliphatic carbocycles. The number of rotatable bonds is 9. The number of amides is 1. The van der Waals surface area contributed by atoms with E-state index in [1.807, 2.05) is 31.1 Å². The first kappa shape index (κ1) is 24.0. The topological polar surface area (TPSA) is 139 Å². The van der Waals surface area contributed by atoms with Crippen LogP contribution >= 0.6 is 0 Å². The normalized spacial score (nSPS) is 12.2. The first-order valence-corrected chi connectivity index (χ1v) is 11.5. The number of nitrogens with one attached hydrogen (secondary N) is 1. The lowest BCUT2D eigenvalue weighted by Gasteiger charge is -2.17. The molecule has 0 bridgehead atoms. The summed E-state index contributed by atoms with van der Waals surface area (Å²) >= 11 is 0. The van der Waals surface area contributed by atoms with Crippen molar-refractivity contribution in [3.8, 4) is 5.75 Å². The van der Waals surface area contributed by atoms with E-state index in [4.69, 9.17) is 15.0 Å². The van der Waals surface area contributed by atoms with Gasteiger partial charge in [-0.25, -0.2) is 0 Å². The Morgan fingerprint density at radius 2 is 1.67 bits per heavy atom. The highest BCUT2D eigenvalue weighted by Gasteiger charge is 2.21. The van der Waals surface area contributed by atoms with Crippen molar-refractivity contribution in [1.29, 1.82) is 0 Å². The molecule has 1 atom stereocenters.